The Hall–Kier alpha value is -1.27. The quantitative estimate of drug-likeness (QED) is 0.644. The largest absolute Gasteiger partial charge is 0.345 e. The fourth-order valence-corrected chi connectivity index (χ4v) is 1.37. The molecule has 1 amide bonds. The molecule has 0 heterocycles. The molecular weight excluding hydrogens is 254 g/mol. The highest BCUT2D eigenvalue weighted by Crippen LogP contribution is 2.06. The van der Waals surface area contributed by atoms with Crippen molar-refractivity contribution in [3.63, 3.8) is 0 Å². The summed E-state index contributed by atoms with van der Waals surface area (Å²) >= 11 is 3.38. The van der Waals surface area contributed by atoms with E-state index < -0.39 is 0 Å². The monoisotopic (exact) mass is 265 g/mol. The number of rotatable bonds is 2. The Labute approximate surface area is 98.2 Å². The van der Waals surface area contributed by atoms with Crippen molar-refractivity contribution in [2.24, 2.45) is 0 Å². The predicted octanol–water partition coefficient (Wildman–Crippen LogP) is 2.07. The van der Waals surface area contributed by atoms with Gasteiger partial charge in [-0.25, -0.2) is 0 Å². The predicted molar refractivity (Wildman–Crippen MR) is 64.6 cm³/mol. The molecule has 0 bridgehead atoms. The summed E-state index contributed by atoms with van der Waals surface area (Å²) in [7, 11) is 0. The van der Waals surface area contributed by atoms with Gasteiger partial charge in [0.2, 0.25) is 5.91 Å². The number of carbonyl (C=O) groups excluding carboxylic acids is 1. The van der Waals surface area contributed by atoms with Crippen LogP contribution in [0, 0.1) is 11.8 Å². The summed E-state index contributed by atoms with van der Waals surface area (Å²) in [6.45, 7) is 1.88. The van der Waals surface area contributed by atoms with Crippen molar-refractivity contribution in [1.82, 2.24) is 5.32 Å². The van der Waals surface area contributed by atoms with Crippen LogP contribution in [-0.2, 0) is 10.1 Å². The number of hydrogen-bond acceptors (Lipinski definition) is 1. The second-order valence-electron chi connectivity index (χ2n) is 3.04. The average Bonchev–Trinajstić information content (AvgIpc) is 2.25. The van der Waals surface area contributed by atoms with Crippen LogP contribution in [-0.4, -0.2) is 12.5 Å². The lowest BCUT2D eigenvalue weighted by molar-refractivity contribution is -0.118. The second-order valence-corrected chi connectivity index (χ2v) is 3.60. The summed E-state index contributed by atoms with van der Waals surface area (Å²) in [5.74, 6) is 5.79. The lowest BCUT2D eigenvalue weighted by atomic mass is 10.1. The van der Waals surface area contributed by atoms with E-state index in [0.29, 0.717) is 6.54 Å². The summed E-state index contributed by atoms with van der Waals surface area (Å²) in [5.41, 5.74) is 2.19. The highest BCUT2D eigenvalue weighted by atomic mass is 79.9. The molecule has 0 saturated heterocycles. The van der Waals surface area contributed by atoms with Crippen LogP contribution in [0.1, 0.15) is 18.1 Å². The van der Waals surface area contributed by atoms with Crippen molar-refractivity contribution in [2.75, 3.05) is 6.54 Å². The molecule has 0 fully saturated rings. The van der Waals surface area contributed by atoms with E-state index in [1.54, 1.807) is 0 Å². The number of benzene rings is 1. The van der Waals surface area contributed by atoms with Crippen molar-refractivity contribution < 1.29 is 4.79 Å². The molecular formula is C12H12BrNO. The number of alkyl halides is 1. The Balaban J connectivity index is 2.52. The van der Waals surface area contributed by atoms with Crippen LogP contribution in [0.4, 0.5) is 0 Å². The van der Waals surface area contributed by atoms with Crippen molar-refractivity contribution in [3.8, 4) is 11.8 Å². The van der Waals surface area contributed by atoms with Crippen molar-refractivity contribution in [3.05, 3.63) is 35.4 Å². The molecule has 0 aliphatic carbocycles. The van der Waals surface area contributed by atoms with E-state index in [4.69, 9.17) is 0 Å². The molecule has 0 aromatic heterocycles. The van der Waals surface area contributed by atoms with Gasteiger partial charge in [-0.2, -0.15) is 0 Å². The van der Waals surface area contributed by atoms with Gasteiger partial charge in [0.15, 0.2) is 0 Å². The zero-order chi connectivity index (χ0) is 11.1. The van der Waals surface area contributed by atoms with Gasteiger partial charge in [0.25, 0.3) is 0 Å². The maximum absolute atomic E-state index is 10.6. The first-order chi connectivity index (χ1) is 7.22. The zero-order valence-corrected chi connectivity index (χ0v) is 10.1. The van der Waals surface area contributed by atoms with Gasteiger partial charge in [-0.3, -0.25) is 4.79 Å². The second kappa shape index (κ2) is 6.26. The number of nitrogens with one attached hydrogen (secondary N) is 1. The van der Waals surface area contributed by atoms with Crippen LogP contribution in [0.2, 0.25) is 0 Å². The van der Waals surface area contributed by atoms with Gasteiger partial charge >= 0.3 is 0 Å². The van der Waals surface area contributed by atoms with E-state index >= 15 is 0 Å². The maximum Gasteiger partial charge on any atom is 0.217 e. The van der Waals surface area contributed by atoms with E-state index in [1.165, 1.54) is 12.5 Å². The van der Waals surface area contributed by atoms with Crippen molar-refractivity contribution >= 4 is 21.8 Å². The minimum Gasteiger partial charge on any atom is -0.345 e. The Morgan fingerprint density at radius 2 is 2.07 bits per heavy atom. The number of amides is 1. The van der Waals surface area contributed by atoms with Gasteiger partial charge in [0.05, 0.1) is 6.54 Å². The van der Waals surface area contributed by atoms with E-state index in [9.17, 15) is 4.79 Å². The molecule has 1 rings (SSSR count). The molecule has 0 aliphatic rings. The number of halogens is 1. The summed E-state index contributed by atoms with van der Waals surface area (Å²) in [5, 5.41) is 3.47. The first-order valence-corrected chi connectivity index (χ1v) is 5.72. The normalized spacial score (nSPS) is 8.93. The van der Waals surface area contributed by atoms with Gasteiger partial charge < -0.3 is 5.32 Å². The first-order valence-electron chi connectivity index (χ1n) is 4.60. The van der Waals surface area contributed by atoms with Crippen LogP contribution in [0.5, 0.6) is 0 Å². The van der Waals surface area contributed by atoms with Gasteiger partial charge in [-0.15, -0.1) is 0 Å². The molecule has 0 spiro atoms. The van der Waals surface area contributed by atoms with Crippen molar-refractivity contribution in [2.45, 2.75) is 12.3 Å². The molecule has 0 aliphatic heterocycles. The Morgan fingerprint density at radius 3 is 2.60 bits per heavy atom. The average molecular weight is 266 g/mol. The molecule has 1 aromatic carbocycles. The molecule has 3 heteroatoms. The van der Waals surface area contributed by atoms with Crippen LogP contribution < -0.4 is 5.32 Å². The van der Waals surface area contributed by atoms with Crippen LogP contribution in [0.15, 0.2) is 24.3 Å². The van der Waals surface area contributed by atoms with E-state index in [-0.39, 0.29) is 5.91 Å². The molecule has 1 N–H and O–H groups in total. The molecule has 0 saturated carbocycles. The topological polar surface area (TPSA) is 29.1 Å². The van der Waals surface area contributed by atoms with Crippen molar-refractivity contribution in [1.29, 1.82) is 0 Å². The van der Waals surface area contributed by atoms with Gasteiger partial charge in [0.1, 0.15) is 0 Å². The molecule has 15 heavy (non-hydrogen) atoms. The molecule has 1 aromatic rings. The molecule has 0 radical (unpaired) electrons. The fourth-order valence-electron chi connectivity index (χ4n) is 0.992. The summed E-state index contributed by atoms with van der Waals surface area (Å²) in [6.07, 6.45) is 0. The zero-order valence-electron chi connectivity index (χ0n) is 8.51. The third-order valence-corrected chi connectivity index (χ3v) is 2.41. The summed E-state index contributed by atoms with van der Waals surface area (Å²) < 4.78 is 0. The number of hydrogen-bond donors (Lipinski definition) is 1. The molecule has 78 valence electrons. The Bertz CT molecular complexity index is 386. The third kappa shape index (κ3) is 4.66. The lowest BCUT2D eigenvalue weighted by Crippen LogP contribution is -2.19. The highest BCUT2D eigenvalue weighted by Gasteiger charge is 1.89. The molecule has 0 atom stereocenters. The van der Waals surface area contributed by atoms with E-state index in [1.807, 2.05) is 24.3 Å². The Morgan fingerprint density at radius 1 is 1.40 bits per heavy atom. The third-order valence-electron chi connectivity index (χ3n) is 1.77. The molecule has 0 unspecified atom stereocenters. The standard InChI is InChI=1S/C12H12BrNO/c1-10(15)14-8-2-3-11-4-6-12(9-13)7-5-11/h4-7H,8-9H2,1H3,(H,14,15). The van der Waals surface area contributed by atoms with E-state index in [0.717, 1.165) is 10.9 Å². The summed E-state index contributed by atoms with van der Waals surface area (Å²) in [4.78, 5) is 10.6. The Kier molecular flexibility index (Phi) is 4.92. The maximum atomic E-state index is 10.6. The first kappa shape index (κ1) is 11.8. The molecule has 2 nitrogen and oxygen atoms in total. The van der Waals surface area contributed by atoms with Gasteiger partial charge in [0, 0.05) is 17.8 Å². The smallest absolute Gasteiger partial charge is 0.217 e. The summed E-state index contributed by atoms with van der Waals surface area (Å²) in [6, 6.07) is 7.99. The lowest BCUT2D eigenvalue weighted by Gasteiger charge is -1.94. The number of carbonyl (C=O) groups is 1. The van der Waals surface area contributed by atoms with Crippen LogP contribution in [0.3, 0.4) is 0 Å². The minimum atomic E-state index is -0.0565. The van der Waals surface area contributed by atoms with Crippen LogP contribution in [0.25, 0.3) is 0 Å². The van der Waals surface area contributed by atoms with E-state index in [2.05, 4.69) is 33.1 Å². The van der Waals surface area contributed by atoms with Gasteiger partial charge in [-0.05, 0) is 17.7 Å². The fraction of sp³-hybridized carbons (Fsp3) is 0.250. The highest BCUT2D eigenvalue weighted by molar-refractivity contribution is 9.08. The van der Waals surface area contributed by atoms with Gasteiger partial charge in [-0.1, -0.05) is 39.9 Å². The minimum absolute atomic E-state index is 0.0565. The van der Waals surface area contributed by atoms with Crippen LogP contribution >= 0.6 is 15.9 Å². The SMILES string of the molecule is CC(=O)NCC#Cc1ccc(CBr)cc1.